The molecule has 72 valence electrons. The Bertz CT molecular complexity index is 410. The third-order valence-electron chi connectivity index (χ3n) is 1.68. The summed E-state index contributed by atoms with van der Waals surface area (Å²) < 4.78 is 0. The van der Waals surface area contributed by atoms with Crippen molar-refractivity contribution in [1.29, 1.82) is 5.26 Å². The van der Waals surface area contributed by atoms with Crippen LogP contribution in [0.4, 0.5) is 5.82 Å². The molecule has 0 aliphatic carbocycles. The third-order valence-corrected chi connectivity index (χ3v) is 1.68. The topological polar surface area (TPSA) is 126 Å². The number of hydrogen-bond acceptors (Lipinski definition) is 5. The molecule has 1 rings (SSSR count). The van der Waals surface area contributed by atoms with Gasteiger partial charge in [-0.3, -0.25) is 4.79 Å². The van der Waals surface area contributed by atoms with Gasteiger partial charge in [0.15, 0.2) is 0 Å². The Hall–Kier alpha value is -2.13. The second-order valence-corrected chi connectivity index (χ2v) is 2.63. The fourth-order valence-electron chi connectivity index (χ4n) is 0.936. The number of hydrogen-bond donors (Lipinski definition) is 3. The number of nitriles is 1. The SMILES string of the molecule is N#Cc1cnc(N)c(C(N)C(=O)O)c1. The van der Waals surface area contributed by atoms with Gasteiger partial charge in [0.05, 0.1) is 5.56 Å². The molecule has 0 aliphatic heterocycles. The van der Waals surface area contributed by atoms with Crippen LogP contribution in [0.25, 0.3) is 0 Å². The number of carboxylic acids is 1. The van der Waals surface area contributed by atoms with E-state index in [1.54, 1.807) is 0 Å². The highest BCUT2D eigenvalue weighted by atomic mass is 16.4. The van der Waals surface area contributed by atoms with Crippen molar-refractivity contribution in [2.24, 2.45) is 5.73 Å². The van der Waals surface area contributed by atoms with Crippen LogP contribution in [0.5, 0.6) is 0 Å². The number of nitrogen functional groups attached to an aromatic ring is 1. The minimum atomic E-state index is -1.25. The second kappa shape index (κ2) is 3.72. The smallest absolute Gasteiger partial charge is 0.325 e. The maximum atomic E-state index is 10.6. The van der Waals surface area contributed by atoms with Gasteiger partial charge >= 0.3 is 5.97 Å². The van der Waals surface area contributed by atoms with Crippen LogP contribution in [0.15, 0.2) is 12.3 Å². The van der Waals surface area contributed by atoms with Gasteiger partial charge in [0.1, 0.15) is 17.9 Å². The zero-order valence-corrected chi connectivity index (χ0v) is 7.14. The Morgan fingerprint density at radius 2 is 2.36 bits per heavy atom. The van der Waals surface area contributed by atoms with Crippen molar-refractivity contribution in [1.82, 2.24) is 4.98 Å². The first kappa shape index (κ1) is 9.95. The van der Waals surface area contributed by atoms with Gasteiger partial charge in [0.2, 0.25) is 0 Å². The van der Waals surface area contributed by atoms with Gasteiger partial charge in [-0.2, -0.15) is 5.26 Å². The van der Waals surface area contributed by atoms with E-state index < -0.39 is 12.0 Å². The van der Waals surface area contributed by atoms with E-state index in [1.165, 1.54) is 12.3 Å². The highest BCUT2D eigenvalue weighted by molar-refractivity contribution is 5.77. The van der Waals surface area contributed by atoms with E-state index in [0.717, 1.165) is 0 Å². The first-order valence-electron chi connectivity index (χ1n) is 3.70. The molecule has 0 aliphatic rings. The molecule has 6 heteroatoms. The highest BCUT2D eigenvalue weighted by Gasteiger charge is 2.18. The van der Waals surface area contributed by atoms with Gasteiger partial charge in [-0.15, -0.1) is 0 Å². The lowest BCUT2D eigenvalue weighted by molar-refractivity contribution is -0.138. The van der Waals surface area contributed by atoms with E-state index in [2.05, 4.69) is 4.98 Å². The molecule has 1 aromatic heterocycles. The molecule has 1 unspecified atom stereocenters. The lowest BCUT2D eigenvalue weighted by atomic mass is 10.1. The van der Waals surface area contributed by atoms with Crippen LogP contribution in [0.3, 0.4) is 0 Å². The van der Waals surface area contributed by atoms with Gasteiger partial charge in [-0.25, -0.2) is 4.98 Å². The number of carboxylic acid groups (broad SMARTS) is 1. The van der Waals surface area contributed by atoms with E-state index in [4.69, 9.17) is 21.8 Å². The second-order valence-electron chi connectivity index (χ2n) is 2.63. The number of anilines is 1. The van der Waals surface area contributed by atoms with Gasteiger partial charge in [-0.05, 0) is 6.07 Å². The van der Waals surface area contributed by atoms with Crippen LogP contribution in [0, 0.1) is 11.3 Å². The number of rotatable bonds is 2. The minimum absolute atomic E-state index is 0.0268. The van der Waals surface area contributed by atoms with Crippen LogP contribution in [0.1, 0.15) is 17.2 Å². The largest absolute Gasteiger partial charge is 0.480 e. The lowest BCUT2D eigenvalue weighted by Crippen LogP contribution is -2.22. The lowest BCUT2D eigenvalue weighted by Gasteiger charge is -2.08. The summed E-state index contributed by atoms with van der Waals surface area (Å²) >= 11 is 0. The number of aromatic nitrogens is 1. The third kappa shape index (κ3) is 1.78. The van der Waals surface area contributed by atoms with Crippen molar-refractivity contribution in [2.75, 3.05) is 5.73 Å². The predicted octanol–water partition coefficient (Wildman–Crippen LogP) is -0.380. The molecule has 0 radical (unpaired) electrons. The van der Waals surface area contributed by atoms with Crippen molar-refractivity contribution in [3.8, 4) is 6.07 Å². The van der Waals surface area contributed by atoms with Crippen molar-refractivity contribution < 1.29 is 9.90 Å². The van der Waals surface area contributed by atoms with Gasteiger partial charge in [0, 0.05) is 11.8 Å². The summed E-state index contributed by atoms with van der Waals surface area (Å²) in [6.45, 7) is 0. The molecule has 6 nitrogen and oxygen atoms in total. The molecule has 0 bridgehead atoms. The zero-order chi connectivity index (χ0) is 10.7. The van der Waals surface area contributed by atoms with Crippen molar-refractivity contribution in [3.05, 3.63) is 23.4 Å². The number of aliphatic carboxylic acids is 1. The first-order valence-corrected chi connectivity index (χ1v) is 3.70. The first-order chi connectivity index (χ1) is 6.56. The number of nitrogens with zero attached hydrogens (tertiary/aromatic N) is 2. The summed E-state index contributed by atoms with van der Waals surface area (Å²) in [6.07, 6.45) is 1.26. The van der Waals surface area contributed by atoms with Crippen LogP contribution in [-0.4, -0.2) is 16.1 Å². The van der Waals surface area contributed by atoms with Crippen LogP contribution in [0.2, 0.25) is 0 Å². The molecule has 14 heavy (non-hydrogen) atoms. The monoisotopic (exact) mass is 192 g/mol. The van der Waals surface area contributed by atoms with E-state index >= 15 is 0 Å². The van der Waals surface area contributed by atoms with Gasteiger partial charge in [-0.1, -0.05) is 0 Å². The minimum Gasteiger partial charge on any atom is -0.480 e. The summed E-state index contributed by atoms with van der Waals surface area (Å²) in [7, 11) is 0. The fourth-order valence-corrected chi connectivity index (χ4v) is 0.936. The summed E-state index contributed by atoms with van der Waals surface area (Å²) in [5, 5.41) is 17.2. The summed E-state index contributed by atoms with van der Waals surface area (Å²) in [6, 6.07) is 1.89. The Morgan fingerprint density at radius 3 is 2.86 bits per heavy atom. The molecule has 0 saturated heterocycles. The molecule has 1 atom stereocenters. The average molecular weight is 192 g/mol. The maximum absolute atomic E-state index is 10.6. The van der Waals surface area contributed by atoms with Crippen LogP contribution in [-0.2, 0) is 4.79 Å². The summed E-state index contributed by atoms with van der Waals surface area (Å²) in [4.78, 5) is 14.2. The van der Waals surface area contributed by atoms with Crippen LogP contribution < -0.4 is 11.5 Å². The molecular weight excluding hydrogens is 184 g/mol. The molecule has 1 aromatic rings. The van der Waals surface area contributed by atoms with E-state index in [-0.39, 0.29) is 16.9 Å². The highest BCUT2D eigenvalue weighted by Crippen LogP contribution is 2.17. The molecule has 0 amide bonds. The molecule has 5 N–H and O–H groups in total. The molecular formula is C8H8N4O2. The van der Waals surface area contributed by atoms with Gasteiger partial charge in [0.25, 0.3) is 0 Å². The Labute approximate surface area is 79.8 Å². The summed E-state index contributed by atoms with van der Waals surface area (Å²) in [5.74, 6) is -1.19. The van der Waals surface area contributed by atoms with Crippen molar-refractivity contribution in [2.45, 2.75) is 6.04 Å². The van der Waals surface area contributed by atoms with Crippen molar-refractivity contribution in [3.63, 3.8) is 0 Å². The Balaban J connectivity index is 3.20. The molecule has 1 heterocycles. The molecule has 0 spiro atoms. The summed E-state index contributed by atoms with van der Waals surface area (Å²) in [5.41, 5.74) is 11.1. The standard InChI is InChI=1S/C8H8N4O2/c9-2-4-1-5(6(10)8(13)14)7(11)12-3-4/h1,3,6H,10H2,(H2,11,12)(H,13,14). The fraction of sp³-hybridized carbons (Fsp3) is 0.125. The predicted molar refractivity (Wildman–Crippen MR) is 47.9 cm³/mol. The number of pyridine rings is 1. The Kier molecular flexibility index (Phi) is 2.65. The normalized spacial score (nSPS) is 11.7. The van der Waals surface area contributed by atoms with Gasteiger partial charge < -0.3 is 16.6 Å². The molecule has 0 saturated carbocycles. The van der Waals surface area contributed by atoms with E-state index in [1.807, 2.05) is 6.07 Å². The van der Waals surface area contributed by atoms with Crippen molar-refractivity contribution >= 4 is 11.8 Å². The Morgan fingerprint density at radius 1 is 1.71 bits per heavy atom. The quantitative estimate of drug-likeness (QED) is 0.586. The number of carbonyl (C=O) groups is 1. The maximum Gasteiger partial charge on any atom is 0.325 e. The van der Waals surface area contributed by atoms with E-state index in [0.29, 0.717) is 0 Å². The zero-order valence-electron chi connectivity index (χ0n) is 7.14. The van der Waals surface area contributed by atoms with Crippen LogP contribution >= 0.6 is 0 Å². The molecule has 0 aromatic carbocycles. The molecule has 0 fully saturated rings. The average Bonchev–Trinajstić information content (AvgIpc) is 2.17. The van der Waals surface area contributed by atoms with E-state index in [9.17, 15) is 4.79 Å². The number of nitrogens with two attached hydrogens (primary N) is 2.